The molecule has 5 nitrogen and oxygen atoms in total. The van der Waals surface area contributed by atoms with Crippen LogP contribution in [0.3, 0.4) is 0 Å². The molecule has 6 heteroatoms. The number of fused-ring (bicyclic) bond motifs is 1. The van der Waals surface area contributed by atoms with Crippen molar-refractivity contribution in [2.24, 2.45) is 0 Å². The predicted octanol–water partition coefficient (Wildman–Crippen LogP) is 2.06. The quantitative estimate of drug-likeness (QED) is 0.852. The fourth-order valence-corrected chi connectivity index (χ4v) is 2.97. The molecule has 1 aromatic heterocycles. The molecule has 23 heavy (non-hydrogen) atoms. The van der Waals surface area contributed by atoms with Crippen molar-refractivity contribution in [3.63, 3.8) is 0 Å². The molecule has 1 aliphatic rings. The average Bonchev–Trinajstić information content (AvgIpc) is 2.51. The third-order valence-electron chi connectivity index (χ3n) is 4.13. The summed E-state index contributed by atoms with van der Waals surface area (Å²) in [5.74, 6) is -0.521. The summed E-state index contributed by atoms with van der Waals surface area (Å²) >= 11 is 0. The Balaban J connectivity index is 1.93. The number of carbonyl (C=O) groups is 1. The lowest BCUT2D eigenvalue weighted by atomic mass is 9.96. The second-order valence-corrected chi connectivity index (χ2v) is 5.90. The molecule has 0 unspecified atom stereocenters. The monoisotopic (exact) mass is 315 g/mol. The van der Waals surface area contributed by atoms with Crippen LogP contribution < -0.4 is 10.5 Å². The number of anilines is 1. The zero-order valence-electron chi connectivity index (χ0n) is 13.1. The number of halogens is 1. The van der Waals surface area contributed by atoms with Gasteiger partial charge in [0.2, 0.25) is 5.91 Å². The fraction of sp³-hybridized carbons (Fsp3) is 0.353. The van der Waals surface area contributed by atoms with Crippen LogP contribution in [0.1, 0.15) is 24.6 Å². The number of carbonyl (C=O) groups excluding carboxylic acids is 1. The lowest BCUT2D eigenvalue weighted by Crippen LogP contribution is -2.45. The second kappa shape index (κ2) is 5.95. The average molecular weight is 315 g/mol. The highest BCUT2D eigenvalue weighted by molar-refractivity contribution is 5.95. The van der Waals surface area contributed by atoms with E-state index in [-0.39, 0.29) is 29.9 Å². The van der Waals surface area contributed by atoms with Gasteiger partial charge in [-0.2, -0.15) is 5.10 Å². The maximum Gasteiger partial charge on any atom is 0.267 e. The van der Waals surface area contributed by atoms with Crippen LogP contribution in [-0.4, -0.2) is 21.7 Å². The minimum atomic E-state index is -0.312. The van der Waals surface area contributed by atoms with Gasteiger partial charge in [-0.25, -0.2) is 9.07 Å². The van der Waals surface area contributed by atoms with Crippen LogP contribution in [0.2, 0.25) is 0 Å². The van der Waals surface area contributed by atoms with Gasteiger partial charge >= 0.3 is 0 Å². The van der Waals surface area contributed by atoms with Crippen LogP contribution in [0.4, 0.5) is 10.1 Å². The Bertz CT molecular complexity index is 816. The summed E-state index contributed by atoms with van der Waals surface area (Å²) in [6, 6.07) is 7.47. The Hall–Kier alpha value is -2.50. The molecule has 1 amide bonds. The summed E-state index contributed by atoms with van der Waals surface area (Å²) in [6.07, 6.45) is 1.50. The number of hydrogen-bond donors (Lipinski definition) is 0. The number of aromatic nitrogens is 2. The summed E-state index contributed by atoms with van der Waals surface area (Å²) in [5.41, 5.74) is 1.90. The molecule has 2 aromatic rings. The lowest BCUT2D eigenvalue weighted by Gasteiger charge is -2.35. The van der Waals surface area contributed by atoms with Gasteiger partial charge in [-0.05, 0) is 56.5 Å². The van der Waals surface area contributed by atoms with Crippen LogP contribution >= 0.6 is 0 Å². The third kappa shape index (κ3) is 3.02. The molecule has 0 bridgehead atoms. The van der Waals surface area contributed by atoms with Crippen molar-refractivity contribution >= 4 is 11.6 Å². The number of hydrogen-bond acceptors (Lipinski definition) is 3. The van der Waals surface area contributed by atoms with Crippen molar-refractivity contribution in [2.45, 2.75) is 39.3 Å². The van der Waals surface area contributed by atoms with Crippen molar-refractivity contribution in [3.05, 3.63) is 57.8 Å². The third-order valence-corrected chi connectivity index (χ3v) is 4.13. The SMILES string of the molecule is Cc1ccc(=O)n(CC(=O)N2c3ccc(F)cc3CC[C@@H]2C)n1. The molecule has 1 atom stereocenters. The van der Waals surface area contributed by atoms with E-state index in [1.807, 2.05) is 6.92 Å². The van der Waals surface area contributed by atoms with E-state index < -0.39 is 0 Å². The van der Waals surface area contributed by atoms with E-state index in [1.165, 1.54) is 22.9 Å². The molecule has 120 valence electrons. The highest BCUT2D eigenvalue weighted by atomic mass is 19.1. The van der Waals surface area contributed by atoms with E-state index in [0.717, 1.165) is 24.1 Å². The Morgan fingerprint density at radius 1 is 1.35 bits per heavy atom. The number of nitrogens with zero attached hydrogens (tertiary/aromatic N) is 3. The maximum absolute atomic E-state index is 13.4. The van der Waals surface area contributed by atoms with Gasteiger partial charge in [-0.3, -0.25) is 9.59 Å². The van der Waals surface area contributed by atoms with Crippen molar-refractivity contribution in [1.82, 2.24) is 9.78 Å². The first-order valence-corrected chi connectivity index (χ1v) is 7.61. The van der Waals surface area contributed by atoms with Crippen molar-refractivity contribution in [3.8, 4) is 0 Å². The van der Waals surface area contributed by atoms with E-state index in [4.69, 9.17) is 0 Å². The van der Waals surface area contributed by atoms with Crippen LogP contribution in [0, 0.1) is 12.7 Å². The van der Waals surface area contributed by atoms with E-state index in [2.05, 4.69) is 5.10 Å². The normalized spacial score (nSPS) is 17.0. The van der Waals surface area contributed by atoms with Crippen LogP contribution in [0.15, 0.2) is 35.1 Å². The van der Waals surface area contributed by atoms with E-state index >= 15 is 0 Å². The highest BCUT2D eigenvalue weighted by Crippen LogP contribution is 2.31. The molecule has 2 heterocycles. The number of aryl methyl sites for hydroxylation is 2. The number of rotatable bonds is 2. The zero-order chi connectivity index (χ0) is 16.6. The molecule has 0 aliphatic carbocycles. The highest BCUT2D eigenvalue weighted by Gasteiger charge is 2.28. The largest absolute Gasteiger partial charge is 0.308 e. The van der Waals surface area contributed by atoms with Gasteiger partial charge in [0.05, 0.1) is 5.69 Å². The minimum Gasteiger partial charge on any atom is -0.308 e. The van der Waals surface area contributed by atoms with Gasteiger partial charge in [0.15, 0.2) is 0 Å². The molecule has 0 saturated carbocycles. The lowest BCUT2D eigenvalue weighted by molar-refractivity contribution is -0.120. The summed E-state index contributed by atoms with van der Waals surface area (Å²) in [6.45, 7) is 3.60. The van der Waals surface area contributed by atoms with Gasteiger partial charge < -0.3 is 4.90 Å². The molecular formula is C17H18FN3O2. The summed E-state index contributed by atoms with van der Waals surface area (Å²) < 4.78 is 14.6. The van der Waals surface area contributed by atoms with Crippen molar-refractivity contribution in [2.75, 3.05) is 4.90 Å². The molecule has 0 spiro atoms. The van der Waals surface area contributed by atoms with Gasteiger partial charge in [-0.1, -0.05) is 0 Å². The summed E-state index contributed by atoms with van der Waals surface area (Å²) in [5, 5.41) is 4.10. The van der Waals surface area contributed by atoms with Crippen LogP contribution in [-0.2, 0) is 17.8 Å². The predicted molar refractivity (Wildman–Crippen MR) is 84.9 cm³/mol. The standard InChI is InChI=1S/C17H18FN3O2/c1-11-3-8-16(22)20(19-11)10-17(23)21-12(2)4-5-13-9-14(18)6-7-15(13)21/h3,6-9,12H,4-5,10H2,1-2H3/t12-/m0/s1. The van der Waals surface area contributed by atoms with E-state index in [1.54, 1.807) is 24.0 Å². The van der Waals surface area contributed by atoms with E-state index in [9.17, 15) is 14.0 Å². The Kier molecular flexibility index (Phi) is 3.98. The molecule has 0 saturated heterocycles. The topological polar surface area (TPSA) is 55.2 Å². The molecular weight excluding hydrogens is 297 g/mol. The van der Waals surface area contributed by atoms with Gasteiger partial charge in [0.25, 0.3) is 5.56 Å². The first kappa shape index (κ1) is 15.4. The molecule has 1 aliphatic heterocycles. The van der Waals surface area contributed by atoms with Crippen molar-refractivity contribution in [1.29, 1.82) is 0 Å². The Labute approximate surface area is 133 Å². The van der Waals surface area contributed by atoms with Gasteiger partial charge in [0.1, 0.15) is 12.4 Å². The summed E-state index contributed by atoms with van der Waals surface area (Å²) in [4.78, 5) is 26.2. The van der Waals surface area contributed by atoms with Gasteiger partial charge in [-0.15, -0.1) is 0 Å². The molecule has 3 rings (SSSR count). The molecule has 0 N–H and O–H groups in total. The number of benzene rings is 1. The van der Waals surface area contributed by atoms with Crippen LogP contribution in [0.25, 0.3) is 0 Å². The smallest absolute Gasteiger partial charge is 0.267 e. The second-order valence-electron chi connectivity index (χ2n) is 5.90. The first-order chi connectivity index (χ1) is 11.0. The maximum atomic E-state index is 13.4. The Morgan fingerprint density at radius 3 is 2.91 bits per heavy atom. The van der Waals surface area contributed by atoms with E-state index in [0.29, 0.717) is 5.69 Å². The molecule has 0 fully saturated rings. The fourth-order valence-electron chi connectivity index (χ4n) is 2.97. The first-order valence-electron chi connectivity index (χ1n) is 7.61. The van der Waals surface area contributed by atoms with Gasteiger partial charge in [0, 0.05) is 17.8 Å². The minimum absolute atomic E-state index is 0.000900. The summed E-state index contributed by atoms with van der Waals surface area (Å²) in [7, 11) is 0. The van der Waals surface area contributed by atoms with Crippen LogP contribution in [0.5, 0.6) is 0 Å². The number of amides is 1. The molecule has 0 radical (unpaired) electrons. The van der Waals surface area contributed by atoms with Crippen molar-refractivity contribution < 1.29 is 9.18 Å². The zero-order valence-corrected chi connectivity index (χ0v) is 13.1. The Morgan fingerprint density at radius 2 is 2.13 bits per heavy atom. The molecule has 1 aromatic carbocycles.